The fourth-order valence-electron chi connectivity index (χ4n) is 3.91. The fraction of sp³-hybridized carbons (Fsp3) is 0.750. The zero-order chi connectivity index (χ0) is 26.3. The van der Waals surface area contributed by atoms with E-state index in [1.807, 2.05) is 43.3 Å². The predicted octanol–water partition coefficient (Wildman–Crippen LogP) is 6.66. The topological polar surface area (TPSA) is 77.5 Å². The highest BCUT2D eigenvalue weighted by atomic mass is 31.2. The number of nitrogens with zero attached hydrogens (tertiary/aromatic N) is 1. The first kappa shape index (κ1) is 32.8. The van der Waals surface area contributed by atoms with Crippen LogP contribution in [0.4, 0.5) is 0 Å². The standard InChI is InChI=1S/C28H50NO6P/c1-4-5-6-7-8-9-10-11-12-13-14-20-32-27-18-15-17-26(22-27)23-28(33-25-30)24-35-36(31)34-21-16-19-29(2)3/h15,17-18,22,25,28,31H,4-14,16,19-21,23-24H2,1-3H3. The molecule has 0 heterocycles. The lowest BCUT2D eigenvalue weighted by Gasteiger charge is -2.18. The van der Waals surface area contributed by atoms with Crippen molar-refractivity contribution < 1.29 is 28.2 Å². The van der Waals surface area contributed by atoms with Crippen LogP contribution in [0.5, 0.6) is 5.75 Å². The highest BCUT2D eigenvalue weighted by Crippen LogP contribution is 2.33. The summed E-state index contributed by atoms with van der Waals surface area (Å²) in [5.74, 6) is 0.819. The van der Waals surface area contributed by atoms with Crippen molar-refractivity contribution in [1.82, 2.24) is 4.90 Å². The average molecular weight is 528 g/mol. The van der Waals surface area contributed by atoms with E-state index < -0.39 is 14.7 Å². The van der Waals surface area contributed by atoms with Gasteiger partial charge in [0, 0.05) is 6.42 Å². The molecule has 2 unspecified atom stereocenters. The summed E-state index contributed by atoms with van der Waals surface area (Å²) in [6, 6.07) is 7.83. The maximum Gasteiger partial charge on any atom is 0.329 e. The molecule has 1 N–H and O–H groups in total. The van der Waals surface area contributed by atoms with E-state index in [1.54, 1.807) is 0 Å². The van der Waals surface area contributed by atoms with Crippen LogP contribution in [-0.2, 0) is 25.0 Å². The van der Waals surface area contributed by atoms with Gasteiger partial charge in [-0.25, -0.2) is 0 Å². The molecule has 0 amide bonds. The molecule has 0 aliphatic rings. The smallest absolute Gasteiger partial charge is 0.329 e. The minimum Gasteiger partial charge on any atom is -0.494 e. The van der Waals surface area contributed by atoms with Crippen molar-refractivity contribution >= 4 is 15.1 Å². The second kappa shape index (κ2) is 22.9. The van der Waals surface area contributed by atoms with Crippen molar-refractivity contribution in [2.75, 3.05) is 40.5 Å². The third-order valence-corrected chi connectivity index (χ3v) is 6.72. The Balaban J connectivity index is 2.22. The van der Waals surface area contributed by atoms with Crippen LogP contribution in [0, 0.1) is 0 Å². The van der Waals surface area contributed by atoms with Gasteiger partial charge in [-0.15, -0.1) is 0 Å². The first-order valence-corrected chi connectivity index (χ1v) is 14.9. The number of hydrogen-bond donors (Lipinski definition) is 1. The van der Waals surface area contributed by atoms with E-state index in [1.165, 1.54) is 64.2 Å². The van der Waals surface area contributed by atoms with E-state index in [0.29, 0.717) is 26.1 Å². The Labute approximate surface area is 220 Å². The van der Waals surface area contributed by atoms with Crippen LogP contribution in [0.15, 0.2) is 24.3 Å². The molecule has 2 atom stereocenters. The molecule has 36 heavy (non-hydrogen) atoms. The largest absolute Gasteiger partial charge is 0.494 e. The van der Waals surface area contributed by atoms with Crippen LogP contribution in [0.25, 0.3) is 0 Å². The van der Waals surface area contributed by atoms with Gasteiger partial charge in [-0.3, -0.25) is 4.79 Å². The van der Waals surface area contributed by atoms with Gasteiger partial charge < -0.3 is 28.3 Å². The van der Waals surface area contributed by atoms with Crippen LogP contribution in [0.3, 0.4) is 0 Å². The molecule has 1 aromatic carbocycles. The number of hydrogen-bond acceptors (Lipinski definition) is 7. The van der Waals surface area contributed by atoms with Gasteiger partial charge in [-0.1, -0.05) is 83.3 Å². The van der Waals surface area contributed by atoms with Crippen LogP contribution in [-0.4, -0.2) is 62.8 Å². The molecular formula is C28H50NO6P. The maximum absolute atomic E-state index is 10.9. The van der Waals surface area contributed by atoms with Gasteiger partial charge in [0.2, 0.25) is 0 Å². The molecule has 0 spiro atoms. The first-order valence-electron chi connectivity index (χ1n) is 13.8. The number of rotatable bonds is 25. The molecule has 0 aromatic heterocycles. The van der Waals surface area contributed by atoms with Gasteiger partial charge in [0.1, 0.15) is 11.9 Å². The minimum absolute atomic E-state index is 0.0679. The lowest BCUT2D eigenvalue weighted by Crippen LogP contribution is -2.21. The third-order valence-electron chi connectivity index (χ3n) is 5.95. The van der Waals surface area contributed by atoms with Crippen molar-refractivity contribution in [2.45, 2.75) is 96.5 Å². The van der Waals surface area contributed by atoms with Crippen molar-refractivity contribution in [3.8, 4) is 5.75 Å². The quantitative estimate of drug-likeness (QED) is 0.0865. The summed E-state index contributed by atoms with van der Waals surface area (Å²) in [6.45, 7) is 4.74. The predicted molar refractivity (Wildman–Crippen MR) is 147 cm³/mol. The van der Waals surface area contributed by atoms with Crippen molar-refractivity contribution in [3.63, 3.8) is 0 Å². The Bertz CT molecular complexity index is 648. The van der Waals surface area contributed by atoms with Gasteiger partial charge in [0.15, 0.2) is 0 Å². The van der Waals surface area contributed by atoms with Crippen molar-refractivity contribution in [1.29, 1.82) is 0 Å². The highest BCUT2D eigenvalue weighted by Gasteiger charge is 2.16. The molecule has 8 heteroatoms. The van der Waals surface area contributed by atoms with E-state index >= 15 is 0 Å². The van der Waals surface area contributed by atoms with Crippen molar-refractivity contribution in [2.24, 2.45) is 0 Å². The van der Waals surface area contributed by atoms with Gasteiger partial charge in [0.25, 0.3) is 6.47 Å². The number of unbranched alkanes of at least 4 members (excludes halogenated alkanes) is 10. The molecule has 0 saturated heterocycles. The molecule has 1 aromatic rings. The van der Waals surface area contributed by atoms with Gasteiger partial charge in [-0.05, 0) is 51.2 Å². The summed E-state index contributed by atoms with van der Waals surface area (Å²) in [6.07, 6.45) is 15.2. The molecule has 0 radical (unpaired) electrons. The van der Waals surface area contributed by atoms with Crippen LogP contribution in [0.1, 0.15) is 89.5 Å². The average Bonchev–Trinajstić information content (AvgIpc) is 2.86. The third kappa shape index (κ3) is 18.9. The SMILES string of the molecule is CCCCCCCCCCCCCOc1cccc(CC(COP(O)OCCCN(C)C)OC=O)c1. The number of carbonyl (C=O) groups excluding carboxylic acids is 1. The van der Waals surface area contributed by atoms with Gasteiger partial charge >= 0.3 is 8.60 Å². The molecule has 0 aliphatic carbocycles. The summed E-state index contributed by atoms with van der Waals surface area (Å²) < 4.78 is 21.8. The van der Waals surface area contributed by atoms with Gasteiger partial charge in [0.05, 0.1) is 19.8 Å². The van der Waals surface area contributed by atoms with Crippen molar-refractivity contribution in [3.05, 3.63) is 29.8 Å². The Morgan fingerprint density at radius 2 is 1.58 bits per heavy atom. The zero-order valence-corrected chi connectivity index (χ0v) is 23.8. The lowest BCUT2D eigenvalue weighted by molar-refractivity contribution is -0.135. The van der Waals surface area contributed by atoms with E-state index in [2.05, 4.69) is 6.92 Å². The number of carbonyl (C=O) groups is 1. The van der Waals surface area contributed by atoms with Crippen LogP contribution >= 0.6 is 8.60 Å². The molecule has 7 nitrogen and oxygen atoms in total. The minimum atomic E-state index is -2.00. The first-order chi connectivity index (χ1) is 17.5. The number of benzene rings is 1. The molecule has 0 fully saturated rings. The summed E-state index contributed by atoms with van der Waals surface area (Å²) in [5.41, 5.74) is 0.982. The van der Waals surface area contributed by atoms with E-state index in [9.17, 15) is 9.69 Å². The Kier molecular flexibility index (Phi) is 20.9. The zero-order valence-electron chi connectivity index (χ0n) is 22.9. The maximum atomic E-state index is 10.9. The molecule has 1 rings (SSSR count). The molecule has 208 valence electrons. The molecule has 0 bridgehead atoms. The summed E-state index contributed by atoms with van der Waals surface area (Å²) in [7, 11) is 1.97. The normalized spacial score (nSPS) is 13.0. The second-order valence-electron chi connectivity index (χ2n) is 9.61. The molecule has 0 aliphatic heterocycles. The summed E-state index contributed by atoms with van der Waals surface area (Å²) in [4.78, 5) is 22.9. The second-order valence-corrected chi connectivity index (χ2v) is 10.6. The van der Waals surface area contributed by atoms with Crippen LogP contribution in [0.2, 0.25) is 0 Å². The number of ether oxygens (including phenoxy) is 2. The monoisotopic (exact) mass is 527 g/mol. The fourth-order valence-corrected chi connectivity index (χ4v) is 4.57. The Morgan fingerprint density at radius 1 is 0.917 bits per heavy atom. The molecule has 0 saturated carbocycles. The Morgan fingerprint density at radius 3 is 2.22 bits per heavy atom. The lowest BCUT2D eigenvalue weighted by atomic mass is 10.1. The van der Waals surface area contributed by atoms with E-state index in [-0.39, 0.29) is 6.61 Å². The van der Waals surface area contributed by atoms with E-state index in [0.717, 1.165) is 30.7 Å². The summed E-state index contributed by atoms with van der Waals surface area (Å²) >= 11 is 0. The summed E-state index contributed by atoms with van der Waals surface area (Å²) in [5, 5.41) is 0. The highest BCUT2D eigenvalue weighted by molar-refractivity contribution is 7.40. The Hall–Kier alpha value is -1.24. The van der Waals surface area contributed by atoms with Crippen LogP contribution < -0.4 is 4.74 Å². The van der Waals surface area contributed by atoms with Gasteiger partial charge in [-0.2, -0.15) is 0 Å². The van der Waals surface area contributed by atoms with E-state index in [4.69, 9.17) is 18.5 Å². The molecular weight excluding hydrogens is 477 g/mol.